The molecule has 0 heterocycles. The van der Waals surface area contributed by atoms with E-state index in [2.05, 4.69) is 0 Å². The van der Waals surface area contributed by atoms with Crippen molar-refractivity contribution < 1.29 is 46.2 Å². The van der Waals surface area contributed by atoms with Crippen molar-refractivity contribution in [2.24, 2.45) is 0 Å². The molecule has 0 aliphatic rings. The molecule has 0 fully saturated rings. The Morgan fingerprint density at radius 3 is 2.07 bits per heavy atom. The molecule has 0 atom stereocenters. The van der Waals surface area contributed by atoms with Crippen molar-refractivity contribution in [1.29, 1.82) is 0 Å². The molecular formula is C29H24Cl2F2NO8PS. The van der Waals surface area contributed by atoms with E-state index in [1.54, 1.807) is 36.4 Å². The third-order valence-corrected chi connectivity index (χ3v) is 10.1. The van der Waals surface area contributed by atoms with Crippen molar-refractivity contribution in [1.82, 2.24) is 4.31 Å². The molecule has 0 unspecified atom stereocenters. The van der Waals surface area contributed by atoms with Gasteiger partial charge < -0.3 is 19.6 Å². The van der Waals surface area contributed by atoms with Crippen molar-refractivity contribution in [3.05, 3.63) is 117 Å². The van der Waals surface area contributed by atoms with Crippen LogP contribution in [-0.2, 0) is 33.3 Å². The Labute approximate surface area is 261 Å². The number of carboxylic acids is 1. The van der Waals surface area contributed by atoms with Crippen molar-refractivity contribution >= 4 is 46.8 Å². The van der Waals surface area contributed by atoms with E-state index >= 15 is 0 Å². The molecule has 4 aromatic rings. The van der Waals surface area contributed by atoms with Gasteiger partial charge in [0.1, 0.15) is 10.6 Å². The lowest BCUT2D eigenvalue weighted by molar-refractivity contribution is 0.0565. The number of hydrogen-bond donors (Lipinski definition) is 3. The fraction of sp³-hybridized carbons (Fsp3) is 0.138. The van der Waals surface area contributed by atoms with Crippen molar-refractivity contribution in [2.75, 3.05) is 7.11 Å². The number of benzene rings is 4. The molecule has 0 aliphatic heterocycles. The van der Waals surface area contributed by atoms with Gasteiger partial charge in [0.05, 0.1) is 28.3 Å². The molecule has 15 heteroatoms. The maximum Gasteiger partial charge on any atom is 0.399 e. The molecule has 0 radical (unpaired) electrons. The zero-order valence-corrected chi connectivity index (χ0v) is 25.9. The van der Waals surface area contributed by atoms with Crippen LogP contribution in [-0.4, -0.2) is 40.7 Å². The summed E-state index contributed by atoms with van der Waals surface area (Å²) >= 11 is 12.0. The van der Waals surface area contributed by atoms with Crippen LogP contribution in [0.2, 0.25) is 10.0 Å². The summed E-state index contributed by atoms with van der Waals surface area (Å²) in [5.41, 5.74) is -3.83. The molecule has 0 saturated carbocycles. The van der Waals surface area contributed by atoms with Crippen LogP contribution >= 0.6 is 30.8 Å². The third-order valence-electron chi connectivity index (χ3n) is 6.61. The summed E-state index contributed by atoms with van der Waals surface area (Å²) in [5, 5.41) is 8.80. The molecule has 0 aromatic heterocycles. The predicted molar refractivity (Wildman–Crippen MR) is 161 cm³/mol. The fourth-order valence-electron chi connectivity index (χ4n) is 4.33. The summed E-state index contributed by atoms with van der Waals surface area (Å²) in [6.07, 6.45) is 0. The van der Waals surface area contributed by atoms with Crippen LogP contribution in [0, 0.1) is 0 Å². The number of aromatic carboxylic acids is 1. The highest BCUT2D eigenvalue weighted by Gasteiger charge is 2.51. The summed E-state index contributed by atoms with van der Waals surface area (Å²) in [6.45, 7) is -0.553. The molecule has 9 nitrogen and oxygen atoms in total. The summed E-state index contributed by atoms with van der Waals surface area (Å²) < 4.78 is 74.1. The van der Waals surface area contributed by atoms with E-state index in [0.717, 1.165) is 22.5 Å². The number of alkyl halides is 2. The normalized spacial score (nSPS) is 12.4. The van der Waals surface area contributed by atoms with Crippen molar-refractivity contribution in [2.45, 2.75) is 23.6 Å². The Morgan fingerprint density at radius 2 is 1.48 bits per heavy atom. The third kappa shape index (κ3) is 6.97. The Balaban J connectivity index is 1.72. The standard InChI is InChI=1S/C29H24Cl2F2NO8PS/c1-42-26-4-2-3-5-27(26)44(40,41)34(17-19-8-12-23(25(31)14-19)29(32,33)43(37,38)39)16-18-6-9-20(10-7-18)21-11-13-24(30)22(15-21)28(35)36/h2-15H,16-17H2,1H3,(H,35,36)(H2,37,38,39). The molecule has 0 aliphatic carbocycles. The number of carbonyl (C=O) groups is 1. The quantitative estimate of drug-likeness (QED) is 0.144. The van der Waals surface area contributed by atoms with Gasteiger partial charge >= 0.3 is 19.2 Å². The van der Waals surface area contributed by atoms with Gasteiger partial charge in [0.15, 0.2) is 0 Å². The number of nitrogens with zero attached hydrogens (tertiary/aromatic N) is 1. The van der Waals surface area contributed by atoms with Crippen LogP contribution in [0.25, 0.3) is 11.1 Å². The number of methoxy groups -OCH3 is 1. The average Bonchev–Trinajstić information content (AvgIpc) is 2.96. The minimum absolute atomic E-state index is 0.0690. The first-order chi connectivity index (χ1) is 20.6. The lowest BCUT2D eigenvalue weighted by Gasteiger charge is -2.24. The van der Waals surface area contributed by atoms with Crippen LogP contribution in [0.15, 0.2) is 89.8 Å². The first kappa shape index (κ1) is 33.5. The van der Waals surface area contributed by atoms with E-state index in [1.165, 1.54) is 37.4 Å². The van der Waals surface area contributed by atoms with E-state index in [9.17, 15) is 31.7 Å². The molecule has 4 rings (SSSR count). The number of para-hydroxylation sites is 1. The zero-order valence-electron chi connectivity index (χ0n) is 22.7. The van der Waals surface area contributed by atoms with Crippen LogP contribution in [0.3, 0.4) is 0 Å². The Bertz CT molecular complexity index is 1870. The van der Waals surface area contributed by atoms with E-state index in [1.807, 2.05) is 0 Å². The van der Waals surface area contributed by atoms with Gasteiger partial charge in [-0.2, -0.15) is 13.1 Å². The number of hydrogen-bond acceptors (Lipinski definition) is 5. The van der Waals surface area contributed by atoms with Gasteiger partial charge in [-0.15, -0.1) is 0 Å². The van der Waals surface area contributed by atoms with E-state index in [4.69, 9.17) is 37.7 Å². The highest BCUT2D eigenvalue weighted by molar-refractivity contribution is 7.89. The number of carboxylic acid groups (broad SMARTS) is 1. The first-order valence-corrected chi connectivity index (χ1v) is 16.3. The van der Waals surface area contributed by atoms with Crippen molar-refractivity contribution in [3.8, 4) is 16.9 Å². The molecule has 0 amide bonds. The highest BCUT2D eigenvalue weighted by atomic mass is 35.5. The maximum atomic E-state index is 14.3. The van der Waals surface area contributed by atoms with Crippen molar-refractivity contribution in [3.63, 3.8) is 0 Å². The number of rotatable bonds is 11. The second-order valence-corrected chi connectivity index (χ2v) is 13.9. The van der Waals surface area contributed by atoms with E-state index < -0.39 is 39.8 Å². The highest BCUT2D eigenvalue weighted by Crippen LogP contribution is 2.60. The summed E-state index contributed by atoms with van der Waals surface area (Å²) in [6, 6.07) is 20.0. The number of halogens is 4. The second-order valence-electron chi connectivity index (χ2n) is 9.52. The Kier molecular flexibility index (Phi) is 9.87. The van der Waals surface area contributed by atoms with Crippen LogP contribution in [0.4, 0.5) is 8.78 Å². The van der Waals surface area contributed by atoms with Gasteiger partial charge in [0.2, 0.25) is 10.0 Å². The van der Waals surface area contributed by atoms with Gasteiger partial charge in [0, 0.05) is 13.1 Å². The van der Waals surface area contributed by atoms with Gasteiger partial charge in [0.25, 0.3) is 0 Å². The van der Waals surface area contributed by atoms with Gasteiger partial charge in [-0.05, 0) is 52.6 Å². The molecule has 44 heavy (non-hydrogen) atoms. The predicted octanol–water partition coefficient (Wildman–Crippen LogP) is 6.99. The number of ether oxygens (including phenoxy) is 1. The molecule has 0 saturated heterocycles. The summed E-state index contributed by atoms with van der Waals surface area (Å²) in [7, 11) is -8.87. The van der Waals surface area contributed by atoms with Crippen LogP contribution < -0.4 is 4.74 Å². The molecule has 232 valence electrons. The summed E-state index contributed by atoms with van der Waals surface area (Å²) in [5.74, 6) is -1.12. The SMILES string of the molecule is COc1ccccc1S(=O)(=O)N(Cc1ccc(-c2ccc(Cl)c(C(=O)O)c2)cc1)Cc1ccc(C(F)(F)P(=O)(O)O)c(Cl)c1. The molecule has 0 spiro atoms. The monoisotopic (exact) mass is 685 g/mol. The lowest BCUT2D eigenvalue weighted by Crippen LogP contribution is -2.30. The fourth-order valence-corrected chi connectivity index (χ4v) is 7.00. The van der Waals surface area contributed by atoms with E-state index in [0.29, 0.717) is 16.7 Å². The van der Waals surface area contributed by atoms with E-state index in [-0.39, 0.29) is 39.9 Å². The molecule has 3 N–H and O–H groups in total. The Hall–Kier alpha value is -3.35. The molecule has 0 bridgehead atoms. The van der Waals surface area contributed by atoms with Gasteiger partial charge in [-0.25, -0.2) is 13.2 Å². The topological polar surface area (TPSA) is 141 Å². The zero-order chi connectivity index (χ0) is 32.4. The first-order valence-electron chi connectivity index (χ1n) is 12.5. The largest absolute Gasteiger partial charge is 0.495 e. The smallest absolute Gasteiger partial charge is 0.399 e. The minimum Gasteiger partial charge on any atom is -0.495 e. The lowest BCUT2D eigenvalue weighted by atomic mass is 10.0. The van der Waals surface area contributed by atoms with Crippen LogP contribution in [0.5, 0.6) is 5.75 Å². The maximum absolute atomic E-state index is 14.3. The summed E-state index contributed by atoms with van der Waals surface area (Å²) in [4.78, 5) is 29.5. The van der Waals surface area contributed by atoms with Gasteiger partial charge in [-0.1, -0.05) is 77.8 Å². The van der Waals surface area contributed by atoms with Gasteiger partial charge in [-0.3, -0.25) is 4.57 Å². The number of sulfonamides is 1. The second kappa shape index (κ2) is 12.9. The Morgan fingerprint density at radius 1 is 0.886 bits per heavy atom. The molecular weight excluding hydrogens is 662 g/mol. The minimum atomic E-state index is -5.89. The average molecular weight is 686 g/mol. The molecule has 4 aromatic carbocycles. The van der Waals surface area contributed by atoms with Crippen LogP contribution in [0.1, 0.15) is 27.0 Å².